The maximum Gasteiger partial charge on any atom is 0.243 e. The van der Waals surface area contributed by atoms with Crippen molar-refractivity contribution in [2.24, 2.45) is 5.92 Å². The second kappa shape index (κ2) is 9.52. The molecule has 0 radical (unpaired) electrons. The summed E-state index contributed by atoms with van der Waals surface area (Å²) in [5.41, 5.74) is 0. The predicted molar refractivity (Wildman–Crippen MR) is 110 cm³/mol. The van der Waals surface area contributed by atoms with Crippen molar-refractivity contribution in [3.63, 3.8) is 0 Å². The lowest BCUT2D eigenvalue weighted by Gasteiger charge is -2.31. The van der Waals surface area contributed by atoms with E-state index in [1.54, 1.807) is 24.3 Å². The summed E-state index contributed by atoms with van der Waals surface area (Å²) in [5, 5.41) is 3.24. The molecule has 3 rings (SSSR count). The van der Waals surface area contributed by atoms with E-state index in [1.807, 2.05) is 0 Å². The number of amides is 1. The molecule has 7 heteroatoms. The van der Waals surface area contributed by atoms with Crippen LogP contribution in [-0.2, 0) is 14.8 Å². The second-order valence-electron chi connectivity index (χ2n) is 7.68. The first-order chi connectivity index (χ1) is 13.0. The van der Waals surface area contributed by atoms with E-state index in [-0.39, 0.29) is 11.8 Å². The van der Waals surface area contributed by atoms with Crippen molar-refractivity contribution >= 4 is 31.9 Å². The highest BCUT2D eigenvalue weighted by molar-refractivity contribution is 9.10. The highest BCUT2D eigenvalue weighted by Crippen LogP contribution is 2.25. The highest BCUT2D eigenvalue weighted by atomic mass is 79.9. The minimum absolute atomic E-state index is 0.0770. The molecule has 1 aromatic carbocycles. The summed E-state index contributed by atoms with van der Waals surface area (Å²) in [4.78, 5) is 13.0. The Bertz CT molecular complexity index is 720. The standard InChI is InChI=1S/C20H29BrN2O3S/c21-17-8-10-19(11-9-17)27(25,26)23-14-12-16(13-15-23)20(24)22-18-6-4-2-1-3-5-7-18/h8-11,16,18H,1-7,12-15H2,(H,22,24). The van der Waals surface area contributed by atoms with Crippen LogP contribution in [0.25, 0.3) is 0 Å². The Morgan fingerprint density at radius 3 is 2.07 bits per heavy atom. The van der Waals surface area contributed by atoms with Gasteiger partial charge in [0.15, 0.2) is 0 Å². The van der Waals surface area contributed by atoms with Gasteiger partial charge in [-0.05, 0) is 49.9 Å². The molecular formula is C20H29BrN2O3S. The van der Waals surface area contributed by atoms with E-state index in [1.165, 1.54) is 36.4 Å². The average molecular weight is 457 g/mol. The summed E-state index contributed by atoms with van der Waals surface area (Å²) in [7, 11) is -3.48. The first kappa shape index (κ1) is 20.8. The minimum atomic E-state index is -3.48. The fourth-order valence-electron chi connectivity index (χ4n) is 4.03. The molecule has 150 valence electrons. The highest BCUT2D eigenvalue weighted by Gasteiger charge is 2.32. The molecule has 1 aliphatic carbocycles. The minimum Gasteiger partial charge on any atom is -0.353 e. The zero-order chi connectivity index (χ0) is 19.3. The molecule has 0 atom stereocenters. The molecule has 1 heterocycles. The van der Waals surface area contributed by atoms with Gasteiger partial charge in [0.2, 0.25) is 15.9 Å². The van der Waals surface area contributed by atoms with Gasteiger partial charge in [-0.2, -0.15) is 4.31 Å². The number of benzene rings is 1. The van der Waals surface area contributed by atoms with Crippen LogP contribution >= 0.6 is 15.9 Å². The second-order valence-corrected chi connectivity index (χ2v) is 10.5. The van der Waals surface area contributed by atoms with E-state index >= 15 is 0 Å². The van der Waals surface area contributed by atoms with Crippen LogP contribution in [0.3, 0.4) is 0 Å². The van der Waals surface area contributed by atoms with Gasteiger partial charge in [0.05, 0.1) is 4.90 Å². The van der Waals surface area contributed by atoms with Crippen LogP contribution in [0.5, 0.6) is 0 Å². The van der Waals surface area contributed by atoms with Gasteiger partial charge in [0.25, 0.3) is 0 Å². The average Bonchev–Trinajstić information content (AvgIpc) is 2.64. The third-order valence-electron chi connectivity index (χ3n) is 5.73. The Balaban J connectivity index is 1.53. The summed E-state index contributed by atoms with van der Waals surface area (Å²) < 4.78 is 27.9. The fourth-order valence-corrected chi connectivity index (χ4v) is 5.77. The van der Waals surface area contributed by atoms with Crippen LogP contribution in [0.2, 0.25) is 0 Å². The normalized spacial score (nSPS) is 21.4. The molecule has 2 fully saturated rings. The third-order valence-corrected chi connectivity index (χ3v) is 8.17. The zero-order valence-corrected chi connectivity index (χ0v) is 18.1. The van der Waals surface area contributed by atoms with E-state index in [0.717, 1.165) is 17.3 Å². The maximum absolute atomic E-state index is 12.8. The van der Waals surface area contributed by atoms with Crippen LogP contribution in [-0.4, -0.2) is 37.8 Å². The van der Waals surface area contributed by atoms with Crippen molar-refractivity contribution in [2.45, 2.75) is 68.7 Å². The zero-order valence-electron chi connectivity index (χ0n) is 15.7. The molecule has 1 amide bonds. The number of nitrogens with zero attached hydrogens (tertiary/aromatic N) is 1. The van der Waals surface area contributed by atoms with Crippen LogP contribution in [0.15, 0.2) is 33.6 Å². The Kier molecular flexibility index (Phi) is 7.34. The Labute approximate surface area is 171 Å². The molecule has 1 aliphatic heterocycles. The van der Waals surface area contributed by atoms with Crippen molar-refractivity contribution in [2.75, 3.05) is 13.1 Å². The van der Waals surface area contributed by atoms with Gasteiger partial charge in [-0.3, -0.25) is 4.79 Å². The number of carbonyl (C=O) groups excluding carboxylic acids is 1. The van der Waals surface area contributed by atoms with E-state index in [9.17, 15) is 13.2 Å². The molecule has 1 saturated carbocycles. The number of nitrogens with one attached hydrogen (secondary N) is 1. The number of halogens is 1. The lowest BCUT2D eigenvalue weighted by atomic mass is 9.94. The van der Waals surface area contributed by atoms with Gasteiger partial charge in [-0.25, -0.2) is 8.42 Å². The SMILES string of the molecule is O=C(NC1CCCCCCC1)C1CCN(S(=O)(=O)c2ccc(Br)cc2)CC1. The third kappa shape index (κ3) is 5.55. The first-order valence-corrected chi connectivity index (χ1v) is 12.3. The van der Waals surface area contributed by atoms with Gasteiger partial charge in [0.1, 0.15) is 0 Å². The van der Waals surface area contributed by atoms with Crippen molar-refractivity contribution in [3.8, 4) is 0 Å². The summed E-state index contributed by atoms with van der Waals surface area (Å²) in [6.07, 6.45) is 9.54. The Hall–Kier alpha value is -0.920. The Morgan fingerprint density at radius 1 is 0.926 bits per heavy atom. The number of rotatable bonds is 4. The van der Waals surface area contributed by atoms with Crippen molar-refractivity contribution < 1.29 is 13.2 Å². The van der Waals surface area contributed by atoms with Crippen molar-refractivity contribution in [1.82, 2.24) is 9.62 Å². The summed E-state index contributed by atoms with van der Waals surface area (Å²) in [6.45, 7) is 0.808. The monoisotopic (exact) mass is 456 g/mol. The number of sulfonamides is 1. The molecule has 0 unspecified atom stereocenters. The number of piperidine rings is 1. The van der Waals surface area contributed by atoms with Gasteiger partial charge in [-0.1, -0.05) is 48.0 Å². The number of hydrogen-bond donors (Lipinski definition) is 1. The predicted octanol–water partition coefficient (Wildman–Crippen LogP) is 4.08. The molecule has 1 saturated heterocycles. The van der Waals surface area contributed by atoms with Gasteiger partial charge in [-0.15, -0.1) is 0 Å². The largest absolute Gasteiger partial charge is 0.353 e. The first-order valence-electron chi connectivity index (χ1n) is 10.0. The van der Waals surface area contributed by atoms with Crippen LogP contribution in [0.4, 0.5) is 0 Å². The molecule has 1 N–H and O–H groups in total. The molecular weight excluding hydrogens is 428 g/mol. The van der Waals surface area contributed by atoms with E-state index in [4.69, 9.17) is 0 Å². The summed E-state index contributed by atoms with van der Waals surface area (Å²) in [5.74, 6) is 0.0353. The van der Waals surface area contributed by atoms with Crippen molar-refractivity contribution in [1.29, 1.82) is 0 Å². The van der Waals surface area contributed by atoms with E-state index < -0.39 is 10.0 Å². The van der Waals surface area contributed by atoms with Gasteiger partial charge in [0, 0.05) is 29.5 Å². The van der Waals surface area contributed by atoms with Crippen LogP contribution in [0, 0.1) is 5.92 Å². The molecule has 0 spiro atoms. The molecule has 0 bridgehead atoms. The fraction of sp³-hybridized carbons (Fsp3) is 0.650. The topological polar surface area (TPSA) is 66.5 Å². The van der Waals surface area contributed by atoms with Gasteiger partial charge < -0.3 is 5.32 Å². The van der Waals surface area contributed by atoms with E-state index in [0.29, 0.717) is 36.9 Å². The lowest BCUT2D eigenvalue weighted by molar-refractivity contribution is -0.127. The Morgan fingerprint density at radius 2 is 1.48 bits per heavy atom. The van der Waals surface area contributed by atoms with Gasteiger partial charge >= 0.3 is 0 Å². The molecule has 27 heavy (non-hydrogen) atoms. The quantitative estimate of drug-likeness (QED) is 0.741. The smallest absolute Gasteiger partial charge is 0.243 e. The van der Waals surface area contributed by atoms with Crippen molar-refractivity contribution in [3.05, 3.63) is 28.7 Å². The maximum atomic E-state index is 12.8. The van der Waals surface area contributed by atoms with Crippen LogP contribution < -0.4 is 5.32 Å². The molecule has 1 aromatic rings. The number of hydrogen-bond acceptors (Lipinski definition) is 3. The summed E-state index contributed by atoms with van der Waals surface area (Å²) in [6, 6.07) is 7.01. The molecule has 2 aliphatic rings. The molecule has 5 nitrogen and oxygen atoms in total. The number of carbonyl (C=O) groups is 1. The lowest BCUT2D eigenvalue weighted by Crippen LogP contribution is -2.45. The van der Waals surface area contributed by atoms with E-state index in [2.05, 4.69) is 21.2 Å². The summed E-state index contributed by atoms with van der Waals surface area (Å²) >= 11 is 3.33. The van der Waals surface area contributed by atoms with Crippen LogP contribution in [0.1, 0.15) is 57.8 Å². The molecule has 0 aromatic heterocycles.